The van der Waals surface area contributed by atoms with Crippen LogP contribution in [0.1, 0.15) is 23.4 Å². The summed E-state index contributed by atoms with van der Waals surface area (Å²) in [6.45, 7) is 0. The maximum Gasteiger partial charge on any atom is 0.433 e. The molecule has 0 unspecified atom stereocenters. The minimum absolute atomic E-state index is 0.0804. The zero-order valence-corrected chi connectivity index (χ0v) is 19.1. The summed E-state index contributed by atoms with van der Waals surface area (Å²) in [5.74, 6) is -0.272. The molecule has 3 amide bonds. The minimum Gasteiger partial charge on any atom is -0.326 e. The average Bonchev–Trinajstić information content (AvgIpc) is 2.88. The van der Waals surface area contributed by atoms with Crippen LogP contribution in [-0.2, 0) is 23.8 Å². The Kier molecular flexibility index (Phi) is 7.52. The minimum atomic E-state index is -4.57. The molecule has 0 radical (unpaired) electrons. The van der Waals surface area contributed by atoms with E-state index < -0.39 is 23.9 Å². The van der Waals surface area contributed by atoms with Gasteiger partial charge >= 0.3 is 12.2 Å². The number of likely N-dealkylation sites (N-methyl/N-ethyl adjacent to an activating group) is 1. The molecule has 0 saturated carbocycles. The van der Waals surface area contributed by atoms with Crippen molar-refractivity contribution in [3.05, 3.63) is 69.6 Å². The molecule has 2 heterocycles. The Bertz CT molecular complexity index is 1100. The lowest BCUT2D eigenvalue weighted by atomic mass is 10.1. The van der Waals surface area contributed by atoms with Gasteiger partial charge < -0.3 is 20.9 Å². The molecule has 7 nitrogen and oxygen atoms in total. The van der Waals surface area contributed by atoms with E-state index in [1.807, 2.05) is 18.2 Å². The Morgan fingerprint density at radius 1 is 1.33 bits per heavy atom. The Morgan fingerprint density at radius 3 is 2.79 bits per heavy atom. The van der Waals surface area contributed by atoms with E-state index >= 15 is 0 Å². The number of allylic oxidation sites excluding steroid dienone is 1. The number of halogens is 4. The number of urea groups is 1. The van der Waals surface area contributed by atoms with Crippen LogP contribution in [-0.4, -0.2) is 36.2 Å². The summed E-state index contributed by atoms with van der Waals surface area (Å²) in [4.78, 5) is 30.2. The van der Waals surface area contributed by atoms with Crippen LogP contribution < -0.4 is 15.5 Å². The molecule has 2 aromatic rings. The molecule has 0 bridgehead atoms. The van der Waals surface area contributed by atoms with Crippen molar-refractivity contribution in [2.24, 2.45) is 0 Å². The van der Waals surface area contributed by atoms with Crippen LogP contribution in [0, 0.1) is 5.41 Å². The van der Waals surface area contributed by atoms with Crippen molar-refractivity contribution in [1.82, 2.24) is 15.6 Å². The highest BCUT2D eigenvalue weighted by Gasteiger charge is 2.32. The van der Waals surface area contributed by atoms with E-state index in [-0.39, 0.29) is 23.6 Å². The monoisotopic (exact) mass is 523 g/mol. The third-order valence-corrected chi connectivity index (χ3v) is 5.59. The van der Waals surface area contributed by atoms with Crippen LogP contribution in [0.15, 0.2) is 52.6 Å². The van der Waals surface area contributed by atoms with Gasteiger partial charge in [0.1, 0.15) is 11.7 Å². The summed E-state index contributed by atoms with van der Waals surface area (Å²) >= 11 is 3.39. The topological polar surface area (TPSA) is 98.2 Å². The Labute approximate surface area is 196 Å². The van der Waals surface area contributed by atoms with E-state index in [0.29, 0.717) is 12.8 Å². The fourth-order valence-electron chi connectivity index (χ4n) is 3.42. The maximum atomic E-state index is 12.8. The number of aryl methyl sites for hydroxylation is 1. The summed E-state index contributed by atoms with van der Waals surface area (Å²) in [7, 11) is 1.64. The maximum absolute atomic E-state index is 12.8. The predicted molar refractivity (Wildman–Crippen MR) is 121 cm³/mol. The molecule has 0 fully saturated rings. The summed E-state index contributed by atoms with van der Waals surface area (Å²) in [6.07, 6.45) is -1.53. The van der Waals surface area contributed by atoms with E-state index in [1.54, 1.807) is 7.05 Å². The quantitative estimate of drug-likeness (QED) is 0.511. The van der Waals surface area contributed by atoms with E-state index in [9.17, 15) is 22.8 Å². The lowest BCUT2D eigenvalue weighted by molar-refractivity contribution is -0.141. The molecule has 3 rings (SSSR count). The molecule has 1 aliphatic rings. The molecule has 0 saturated heterocycles. The van der Waals surface area contributed by atoms with Crippen molar-refractivity contribution >= 4 is 39.8 Å². The van der Waals surface area contributed by atoms with Crippen molar-refractivity contribution in [1.29, 1.82) is 5.41 Å². The number of nitrogens with zero attached hydrogens (tertiary/aromatic N) is 2. The number of hydrogen-bond donors (Lipinski definition) is 3. The van der Waals surface area contributed by atoms with Gasteiger partial charge in [-0.2, -0.15) is 13.2 Å². The number of carbonyl (C=O) groups is 2. The number of rotatable bonds is 5. The van der Waals surface area contributed by atoms with Crippen molar-refractivity contribution in [2.45, 2.75) is 31.5 Å². The van der Waals surface area contributed by atoms with Gasteiger partial charge in [0.25, 0.3) is 0 Å². The van der Waals surface area contributed by atoms with Crippen LogP contribution in [0.2, 0.25) is 0 Å². The SMILES string of the molecule is CN1C(=O)[C@H](NC(=O)N/C=C(\C=N)Cc2cccc(C(F)(F)F)n2)CCc2ccc(Br)cc21. The van der Waals surface area contributed by atoms with Gasteiger partial charge in [-0.15, -0.1) is 0 Å². The van der Waals surface area contributed by atoms with E-state index in [0.717, 1.165) is 28.0 Å². The van der Waals surface area contributed by atoms with Gasteiger partial charge in [0, 0.05) is 41.7 Å². The molecule has 1 aromatic heterocycles. The first kappa shape index (κ1) is 24.4. The first-order chi connectivity index (χ1) is 15.6. The third-order valence-electron chi connectivity index (χ3n) is 5.10. The van der Waals surface area contributed by atoms with E-state index in [4.69, 9.17) is 5.41 Å². The summed E-state index contributed by atoms with van der Waals surface area (Å²) in [6, 6.07) is 7.73. The number of fused-ring (bicyclic) bond motifs is 1. The highest BCUT2D eigenvalue weighted by Crippen LogP contribution is 2.29. The van der Waals surface area contributed by atoms with Crippen molar-refractivity contribution in [3.8, 4) is 0 Å². The first-order valence-electron chi connectivity index (χ1n) is 9.94. The summed E-state index contributed by atoms with van der Waals surface area (Å²) in [5.41, 5.74) is 1.06. The number of nitrogens with one attached hydrogen (secondary N) is 3. The lowest BCUT2D eigenvalue weighted by Gasteiger charge is -2.22. The van der Waals surface area contributed by atoms with Gasteiger partial charge in [-0.1, -0.05) is 28.1 Å². The summed E-state index contributed by atoms with van der Waals surface area (Å²) in [5, 5.41) is 12.5. The molecule has 1 aromatic carbocycles. The normalized spacial score (nSPS) is 16.6. The van der Waals surface area contributed by atoms with Gasteiger partial charge in [0.2, 0.25) is 5.91 Å². The standard InChI is InChI=1S/C22H21BrF3N5O2/c1-31-18-10-15(23)7-5-14(18)6-8-17(20(31)32)30-21(33)28-12-13(11-27)9-16-3-2-4-19(29-16)22(24,25)26/h2-5,7,10-12,17,27H,6,8-9H2,1H3,(H2,28,30,33)/b13-12-,27-11?/t17-/m1/s1. The number of anilines is 1. The fraction of sp³-hybridized carbons (Fsp3) is 0.273. The first-order valence-corrected chi connectivity index (χ1v) is 10.7. The molecule has 3 N–H and O–H groups in total. The molecular weight excluding hydrogens is 503 g/mol. The van der Waals surface area contributed by atoms with Gasteiger partial charge in [-0.3, -0.25) is 4.79 Å². The third kappa shape index (κ3) is 6.19. The second kappa shape index (κ2) is 10.2. The second-order valence-corrected chi connectivity index (χ2v) is 8.35. The number of hydrogen-bond acceptors (Lipinski definition) is 4. The van der Waals surface area contributed by atoms with Gasteiger partial charge in [0.15, 0.2) is 0 Å². The van der Waals surface area contributed by atoms with Crippen molar-refractivity contribution in [2.75, 3.05) is 11.9 Å². The molecule has 1 aliphatic heterocycles. The van der Waals surface area contributed by atoms with Crippen LogP contribution in [0.3, 0.4) is 0 Å². The average molecular weight is 524 g/mol. The molecule has 174 valence electrons. The Balaban J connectivity index is 1.64. The molecule has 11 heteroatoms. The highest BCUT2D eigenvalue weighted by atomic mass is 79.9. The lowest BCUT2D eigenvalue weighted by Crippen LogP contribution is -2.49. The highest BCUT2D eigenvalue weighted by molar-refractivity contribution is 9.10. The van der Waals surface area contributed by atoms with Gasteiger partial charge in [0.05, 0.1) is 0 Å². The number of pyridine rings is 1. The van der Waals surface area contributed by atoms with E-state index in [2.05, 4.69) is 31.5 Å². The van der Waals surface area contributed by atoms with E-state index in [1.165, 1.54) is 23.2 Å². The zero-order valence-electron chi connectivity index (χ0n) is 17.5. The van der Waals surface area contributed by atoms with Crippen LogP contribution >= 0.6 is 15.9 Å². The molecule has 0 aliphatic carbocycles. The van der Waals surface area contributed by atoms with Gasteiger partial charge in [-0.05, 0) is 48.2 Å². The largest absolute Gasteiger partial charge is 0.433 e. The van der Waals surface area contributed by atoms with Crippen LogP contribution in [0.5, 0.6) is 0 Å². The van der Waals surface area contributed by atoms with Crippen molar-refractivity contribution < 1.29 is 22.8 Å². The number of carbonyl (C=O) groups excluding carboxylic acids is 2. The van der Waals surface area contributed by atoms with Gasteiger partial charge in [-0.25, -0.2) is 9.78 Å². The molecule has 1 atom stereocenters. The van der Waals surface area contributed by atoms with Crippen LogP contribution in [0.25, 0.3) is 0 Å². The Morgan fingerprint density at radius 2 is 2.09 bits per heavy atom. The number of amides is 3. The molecule has 0 spiro atoms. The smallest absolute Gasteiger partial charge is 0.326 e. The Hall–Kier alpha value is -3.21. The number of benzene rings is 1. The second-order valence-electron chi connectivity index (χ2n) is 7.43. The van der Waals surface area contributed by atoms with Crippen LogP contribution in [0.4, 0.5) is 23.7 Å². The summed E-state index contributed by atoms with van der Waals surface area (Å²) < 4.78 is 39.4. The number of alkyl halides is 3. The zero-order chi connectivity index (χ0) is 24.2. The van der Waals surface area contributed by atoms with Crippen molar-refractivity contribution in [3.63, 3.8) is 0 Å². The fourth-order valence-corrected chi connectivity index (χ4v) is 3.77. The predicted octanol–water partition coefficient (Wildman–Crippen LogP) is 4.22. The molecule has 33 heavy (non-hydrogen) atoms. The number of aromatic nitrogens is 1. The molecular formula is C22H21BrF3N5O2.